The fourth-order valence-electron chi connectivity index (χ4n) is 2.88. The Labute approximate surface area is 151 Å². The summed E-state index contributed by atoms with van der Waals surface area (Å²) < 4.78 is 18.8. The molecule has 5 nitrogen and oxygen atoms in total. The van der Waals surface area contributed by atoms with Crippen LogP contribution in [0.15, 0.2) is 42.5 Å². The molecule has 0 saturated carbocycles. The SMILES string of the molecule is Cc1cc(CNC(=O)COc2cccc(N3CCCC3=O)c2)ccc1F. The van der Waals surface area contributed by atoms with Gasteiger partial charge in [0.05, 0.1) is 0 Å². The summed E-state index contributed by atoms with van der Waals surface area (Å²) in [6, 6.07) is 11.9. The number of carbonyl (C=O) groups excluding carboxylic acids is 2. The Morgan fingerprint density at radius 3 is 2.85 bits per heavy atom. The molecule has 0 aliphatic carbocycles. The monoisotopic (exact) mass is 356 g/mol. The quantitative estimate of drug-likeness (QED) is 0.866. The molecule has 1 saturated heterocycles. The van der Waals surface area contributed by atoms with E-state index >= 15 is 0 Å². The van der Waals surface area contributed by atoms with Crippen LogP contribution >= 0.6 is 0 Å². The molecule has 26 heavy (non-hydrogen) atoms. The van der Waals surface area contributed by atoms with Crippen LogP contribution in [0.1, 0.15) is 24.0 Å². The molecule has 1 N–H and O–H groups in total. The maximum absolute atomic E-state index is 13.2. The van der Waals surface area contributed by atoms with Crippen LogP contribution in [0.4, 0.5) is 10.1 Å². The molecule has 0 spiro atoms. The largest absolute Gasteiger partial charge is 0.484 e. The normalized spacial score (nSPS) is 13.8. The van der Waals surface area contributed by atoms with E-state index in [1.165, 1.54) is 6.07 Å². The minimum atomic E-state index is -0.269. The van der Waals surface area contributed by atoms with E-state index in [0.29, 0.717) is 30.8 Å². The first kappa shape index (κ1) is 17.9. The summed E-state index contributed by atoms with van der Waals surface area (Å²) in [6.07, 6.45) is 1.42. The summed E-state index contributed by atoms with van der Waals surface area (Å²) in [6.45, 7) is 2.57. The Balaban J connectivity index is 1.51. The smallest absolute Gasteiger partial charge is 0.258 e. The Bertz CT molecular complexity index is 822. The van der Waals surface area contributed by atoms with E-state index in [-0.39, 0.29) is 24.2 Å². The zero-order valence-electron chi connectivity index (χ0n) is 14.6. The minimum Gasteiger partial charge on any atom is -0.484 e. The number of nitrogens with zero attached hydrogens (tertiary/aromatic N) is 1. The molecule has 1 aliphatic rings. The van der Waals surface area contributed by atoms with Crippen LogP contribution in [0.5, 0.6) is 5.75 Å². The highest BCUT2D eigenvalue weighted by atomic mass is 19.1. The number of anilines is 1. The maximum Gasteiger partial charge on any atom is 0.258 e. The van der Waals surface area contributed by atoms with Gasteiger partial charge in [-0.15, -0.1) is 0 Å². The zero-order valence-corrected chi connectivity index (χ0v) is 14.6. The van der Waals surface area contributed by atoms with Gasteiger partial charge in [-0.05, 0) is 42.7 Å². The number of rotatable bonds is 6. The average molecular weight is 356 g/mol. The summed E-state index contributed by atoms with van der Waals surface area (Å²) in [5.41, 5.74) is 2.15. The van der Waals surface area contributed by atoms with E-state index < -0.39 is 0 Å². The fraction of sp³-hybridized carbons (Fsp3) is 0.300. The summed E-state index contributed by atoms with van der Waals surface area (Å²) in [5.74, 6) is 0.110. The second-order valence-corrected chi connectivity index (χ2v) is 6.30. The van der Waals surface area contributed by atoms with Crippen LogP contribution < -0.4 is 15.0 Å². The van der Waals surface area contributed by atoms with Crippen LogP contribution in [0.2, 0.25) is 0 Å². The third-order valence-electron chi connectivity index (χ3n) is 4.28. The van der Waals surface area contributed by atoms with Crippen LogP contribution in [0, 0.1) is 12.7 Å². The summed E-state index contributed by atoms with van der Waals surface area (Å²) in [4.78, 5) is 25.5. The van der Waals surface area contributed by atoms with Crippen molar-refractivity contribution in [2.24, 2.45) is 0 Å². The van der Waals surface area contributed by atoms with Crippen molar-refractivity contribution in [2.75, 3.05) is 18.1 Å². The van der Waals surface area contributed by atoms with E-state index in [9.17, 15) is 14.0 Å². The molecule has 0 radical (unpaired) electrons. The first-order valence-electron chi connectivity index (χ1n) is 8.58. The second-order valence-electron chi connectivity index (χ2n) is 6.30. The standard InChI is InChI=1S/C20H21FN2O3/c1-14-10-15(7-8-18(14)21)12-22-19(24)13-26-17-5-2-4-16(11-17)23-9-3-6-20(23)25/h2,4-5,7-8,10-11H,3,6,9,12-13H2,1H3,(H,22,24). The molecule has 2 amide bonds. The highest BCUT2D eigenvalue weighted by molar-refractivity contribution is 5.95. The lowest BCUT2D eigenvalue weighted by atomic mass is 10.1. The molecule has 0 atom stereocenters. The fourth-order valence-corrected chi connectivity index (χ4v) is 2.88. The number of nitrogens with one attached hydrogen (secondary N) is 1. The van der Waals surface area contributed by atoms with Gasteiger partial charge in [-0.2, -0.15) is 0 Å². The van der Waals surface area contributed by atoms with Crippen LogP contribution in [-0.4, -0.2) is 25.0 Å². The third kappa shape index (κ3) is 4.39. The van der Waals surface area contributed by atoms with Gasteiger partial charge >= 0.3 is 0 Å². The number of carbonyl (C=O) groups is 2. The van der Waals surface area contributed by atoms with Crippen molar-refractivity contribution in [2.45, 2.75) is 26.3 Å². The molecule has 3 rings (SSSR count). The van der Waals surface area contributed by atoms with Gasteiger partial charge in [-0.1, -0.05) is 18.2 Å². The van der Waals surface area contributed by atoms with E-state index in [1.807, 2.05) is 6.07 Å². The van der Waals surface area contributed by atoms with Gasteiger partial charge in [-0.3, -0.25) is 9.59 Å². The van der Waals surface area contributed by atoms with Crippen molar-refractivity contribution < 1.29 is 18.7 Å². The molecule has 6 heteroatoms. The molecule has 1 fully saturated rings. The minimum absolute atomic E-state index is 0.106. The zero-order chi connectivity index (χ0) is 18.5. The van der Waals surface area contributed by atoms with Gasteiger partial charge < -0.3 is 15.0 Å². The number of hydrogen-bond donors (Lipinski definition) is 1. The number of aryl methyl sites for hydroxylation is 1. The Kier molecular flexibility index (Phi) is 5.51. The number of halogens is 1. The summed E-state index contributed by atoms with van der Waals surface area (Å²) >= 11 is 0. The molecule has 0 aromatic heterocycles. The van der Waals surface area contributed by atoms with Crippen molar-refractivity contribution in [1.82, 2.24) is 5.32 Å². The van der Waals surface area contributed by atoms with Gasteiger partial charge in [0.25, 0.3) is 5.91 Å². The number of ether oxygens (including phenoxy) is 1. The van der Waals surface area contributed by atoms with Crippen LogP contribution in [0.3, 0.4) is 0 Å². The molecule has 2 aromatic carbocycles. The van der Waals surface area contributed by atoms with Gasteiger partial charge in [0.1, 0.15) is 11.6 Å². The van der Waals surface area contributed by atoms with Crippen molar-refractivity contribution in [3.05, 3.63) is 59.4 Å². The molecule has 136 valence electrons. The van der Waals surface area contributed by atoms with Crippen LogP contribution in [0.25, 0.3) is 0 Å². The van der Waals surface area contributed by atoms with E-state index in [2.05, 4.69) is 5.32 Å². The first-order valence-corrected chi connectivity index (χ1v) is 8.58. The molecule has 0 unspecified atom stereocenters. The highest BCUT2D eigenvalue weighted by Crippen LogP contribution is 2.25. The van der Waals surface area contributed by atoms with Crippen molar-refractivity contribution in [3.8, 4) is 5.75 Å². The predicted octanol–water partition coefficient (Wildman–Crippen LogP) is 2.96. The third-order valence-corrected chi connectivity index (χ3v) is 4.28. The number of hydrogen-bond acceptors (Lipinski definition) is 3. The van der Waals surface area contributed by atoms with Gasteiger partial charge in [0.2, 0.25) is 5.91 Å². The Morgan fingerprint density at radius 1 is 1.27 bits per heavy atom. The topological polar surface area (TPSA) is 58.6 Å². The summed E-state index contributed by atoms with van der Waals surface area (Å²) in [5, 5.41) is 2.74. The lowest BCUT2D eigenvalue weighted by Crippen LogP contribution is -2.28. The van der Waals surface area contributed by atoms with Crippen molar-refractivity contribution in [3.63, 3.8) is 0 Å². The second kappa shape index (κ2) is 7.99. The van der Waals surface area contributed by atoms with Gasteiger partial charge in [0.15, 0.2) is 6.61 Å². The lowest BCUT2D eigenvalue weighted by Gasteiger charge is -2.16. The highest BCUT2D eigenvalue weighted by Gasteiger charge is 2.21. The van der Waals surface area contributed by atoms with Gasteiger partial charge in [0, 0.05) is 31.3 Å². The Morgan fingerprint density at radius 2 is 2.12 bits per heavy atom. The lowest BCUT2D eigenvalue weighted by molar-refractivity contribution is -0.123. The molecule has 1 heterocycles. The molecule has 0 bridgehead atoms. The Hall–Kier alpha value is -2.89. The molecular weight excluding hydrogens is 335 g/mol. The first-order chi connectivity index (χ1) is 12.5. The average Bonchev–Trinajstić information content (AvgIpc) is 3.07. The number of amides is 2. The summed E-state index contributed by atoms with van der Waals surface area (Å²) in [7, 11) is 0. The van der Waals surface area contributed by atoms with E-state index in [1.54, 1.807) is 42.2 Å². The predicted molar refractivity (Wildman–Crippen MR) is 96.5 cm³/mol. The van der Waals surface area contributed by atoms with Crippen molar-refractivity contribution in [1.29, 1.82) is 0 Å². The molecular formula is C20H21FN2O3. The maximum atomic E-state index is 13.2. The molecule has 2 aromatic rings. The number of benzene rings is 2. The van der Waals surface area contributed by atoms with Crippen LogP contribution in [-0.2, 0) is 16.1 Å². The van der Waals surface area contributed by atoms with Gasteiger partial charge in [-0.25, -0.2) is 4.39 Å². The molecule has 1 aliphatic heterocycles. The van der Waals surface area contributed by atoms with E-state index in [4.69, 9.17) is 4.74 Å². The van der Waals surface area contributed by atoms with Crippen molar-refractivity contribution >= 4 is 17.5 Å². The van der Waals surface area contributed by atoms with E-state index in [0.717, 1.165) is 17.7 Å².